The molecule has 1 aromatic carbocycles. The molecule has 0 radical (unpaired) electrons. The van der Waals surface area contributed by atoms with Gasteiger partial charge >= 0.3 is 0 Å². The molecule has 1 atom stereocenters. The summed E-state index contributed by atoms with van der Waals surface area (Å²) in [5.41, 5.74) is 5.28. The van der Waals surface area contributed by atoms with E-state index >= 15 is 0 Å². The number of amides is 3. The van der Waals surface area contributed by atoms with Crippen LogP contribution in [0.5, 0.6) is 0 Å². The second kappa shape index (κ2) is 10.9. The van der Waals surface area contributed by atoms with Gasteiger partial charge in [0.25, 0.3) is 5.91 Å². The Kier molecular flexibility index (Phi) is 7.48. The maximum Gasteiger partial charge on any atom is 0.289 e. The van der Waals surface area contributed by atoms with E-state index in [2.05, 4.69) is 36.4 Å². The summed E-state index contributed by atoms with van der Waals surface area (Å²) in [5, 5.41) is 21.2. The first kappa shape index (κ1) is 24.0. The molecule has 35 heavy (non-hydrogen) atoms. The lowest BCUT2D eigenvalue weighted by Crippen LogP contribution is -2.48. The van der Waals surface area contributed by atoms with E-state index in [4.69, 9.17) is 4.74 Å². The number of aliphatic hydroxyl groups excluding tert-OH is 1. The third-order valence-electron chi connectivity index (χ3n) is 5.45. The molecule has 5 N–H and O–H groups in total. The lowest BCUT2D eigenvalue weighted by atomic mass is 10.1. The summed E-state index contributed by atoms with van der Waals surface area (Å²) in [6.45, 7) is 1.63. The zero-order valence-electron chi connectivity index (χ0n) is 19.1. The van der Waals surface area contributed by atoms with Crippen LogP contribution in [0.15, 0.2) is 29.4 Å². The van der Waals surface area contributed by atoms with Crippen LogP contribution in [0.25, 0.3) is 0 Å². The van der Waals surface area contributed by atoms with Crippen LogP contribution >= 0.6 is 0 Å². The fourth-order valence-electron chi connectivity index (χ4n) is 3.64. The smallest absolute Gasteiger partial charge is 0.289 e. The summed E-state index contributed by atoms with van der Waals surface area (Å²) >= 11 is 0. The van der Waals surface area contributed by atoms with Crippen molar-refractivity contribution < 1.29 is 24.2 Å². The monoisotopic (exact) mass is 482 g/mol. The van der Waals surface area contributed by atoms with Gasteiger partial charge in [-0.25, -0.2) is 9.97 Å². The van der Waals surface area contributed by atoms with E-state index in [-0.39, 0.29) is 17.5 Å². The molecule has 4 rings (SSSR count). The van der Waals surface area contributed by atoms with Crippen molar-refractivity contribution in [3.8, 4) is 0 Å². The highest BCUT2D eigenvalue weighted by Gasteiger charge is 2.23. The van der Waals surface area contributed by atoms with Gasteiger partial charge in [0.05, 0.1) is 32.5 Å². The van der Waals surface area contributed by atoms with Crippen molar-refractivity contribution in [1.82, 2.24) is 20.6 Å². The standard InChI is InChI=1S/C22H26N8O5/c1-23-21(33)16(12-31)26-22(34)20-27-17(10-18(28-20)30-4-6-35-7-5-30)29-24-11-13-2-3-15-14(8-13)9-19(32)25-15/h2-3,8,10-11,16,31H,4-7,9,12H2,1H3,(H,23,33)(H,25,32)(H,26,34)(H,27,28,29)/b24-11+. The number of nitrogens with zero attached hydrogens (tertiary/aromatic N) is 4. The zero-order valence-corrected chi connectivity index (χ0v) is 19.1. The number of hydrogen-bond donors (Lipinski definition) is 5. The number of aliphatic hydroxyl groups is 1. The Balaban J connectivity index is 1.54. The van der Waals surface area contributed by atoms with Crippen LogP contribution in [-0.4, -0.2) is 85.0 Å². The van der Waals surface area contributed by atoms with Gasteiger partial charge in [-0.1, -0.05) is 6.07 Å². The number of morpholine rings is 1. The van der Waals surface area contributed by atoms with Gasteiger partial charge in [0.15, 0.2) is 5.82 Å². The van der Waals surface area contributed by atoms with E-state index in [1.54, 1.807) is 12.3 Å². The highest BCUT2D eigenvalue weighted by Crippen LogP contribution is 2.23. The molecule has 0 spiro atoms. The molecule has 1 fully saturated rings. The highest BCUT2D eigenvalue weighted by atomic mass is 16.5. The first-order valence-corrected chi connectivity index (χ1v) is 11.0. The number of carbonyl (C=O) groups is 3. The third kappa shape index (κ3) is 5.88. The summed E-state index contributed by atoms with van der Waals surface area (Å²) in [6, 6.07) is 6.02. The van der Waals surface area contributed by atoms with Crippen LogP contribution < -0.4 is 26.3 Å². The number of hydrogen-bond acceptors (Lipinski definition) is 10. The number of nitrogens with one attached hydrogen (secondary N) is 4. The van der Waals surface area contributed by atoms with E-state index in [0.717, 1.165) is 16.8 Å². The number of benzene rings is 1. The second-order valence-corrected chi connectivity index (χ2v) is 7.87. The Morgan fingerprint density at radius 3 is 2.83 bits per heavy atom. The molecule has 184 valence electrons. The molecule has 0 saturated carbocycles. The van der Waals surface area contributed by atoms with Crippen LogP contribution in [0.4, 0.5) is 17.3 Å². The topological polar surface area (TPSA) is 170 Å². The van der Waals surface area contributed by atoms with Crippen molar-refractivity contribution in [2.24, 2.45) is 5.10 Å². The predicted octanol–water partition coefficient (Wildman–Crippen LogP) is -0.909. The fourth-order valence-corrected chi connectivity index (χ4v) is 3.64. The molecular weight excluding hydrogens is 456 g/mol. The van der Waals surface area contributed by atoms with E-state index in [0.29, 0.717) is 38.5 Å². The Hall–Kier alpha value is -4.10. The van der Waals surface area contributed by atoms with Gasteiger partial charge in [0.1, 0.15) is 11.9 Å². The van der Waals surface area contributed by atoms with Crippen molar-refractivity contribution >= 4 is 41.3 Å². The zero-order chi connectivity index (χ0) is 24.8. The minimum Gasteiger partial charge on any atom is -0.394 e. The number of carbonyl (C=O) groups excluding carboxylic acids is 3. The van der Waals surface area contributed by atoms with Gasteiger partial charge in [-0.2, -0.15) is 5.10 Å². The van der Waals surface area contributed by atoms with Crippen molar-refractivity contribution in [2.75, 3.05) is 55.6 Å². The summed E-state index contributed by atoms with van der Waals surface area (Å²) < 4.78 is 5.39. The first-order chi connectivity index (χ1) is 17.0. The first-order valence-electron chi connectivity index (χ1n) is 11.0. The van der Waals surface area contributed by atoms with Gasteiger partial charge in [0, 0.05) is 31.9 Å². The third-order valence-corrected chi connectivity index (χ3v) is 5.45. The quantitative estimate of drug-likeness (QED) is 0.236. The Bertz CT molecular complexity index is 1150. The number of ether oxygens (including phenoxy) is 1. The normalized spacial score (nSPS) is 15.9. The van der Waals surface area contributed by atoms with Crippen LogP contribution in [-0.2, 0) is 20.7 Å². The van der Waals surface area contributed by atoms with E-state index in [9.17, 15) is 19.5 Å². The van der Waals surface area contributed by atoms with Crippen molar-refractivity contribution in [3.63, 3.8) is 0 Å². The SMILES string of the molecule is CNC(=O)C(CO)NC(=O)c1nc(N/N=C/c2ccc3c(c2)CC(=O)N3)cc(N2CCOCC2)n1. The Labute approximate surface area is 201 Å². The Morgan fingerprint density at radius 2 is 2.09 bits per heavy atom. The predicted molar refractivity (Wildman–Crippen MR) is 127 cm³/mol. The fraction of sp³-hybridized carbons (Fsp3) is 0.364. The second-order valence-electron chi connectivity index (χ2n) is 7.87. The average Bonchev–Trinajstić information content (AvgIpc) is 3.26. The number of hydrazone groups is 1. The molecule has 1 aromatic heterocycles. The summed E-state index contributed by atoms with van der Waals surface area (Å²) in [5.74, 6) is -0.731. The number of likely N-dealkylation sites (N-methyl/N-ethyl adjacent to an activating group) is 1. The number of anilines is 3. The number of fused-ring (bicyclic) bond motifs is 1. The Morgan fingerprint density at radius 1 is 1.29 bits per heavy atom. The largest absolute Gasteiger partial charge is 0.394 e. The van der Waals surface area contributed by atoms with Crippen molar-refractivity contribution in [3.05, 3.63) is 41.2 Å². The molecule has 1 unspecified atom stereocenters. The van der Waals surface area contributed by atoms with Gasteiger partial charge in [-0.15, -0.1) is 0 Å². The molecule has 13 nitrogen and oxygen atoms in total. The number of rotatable bonds is 8. The van der Waals surface area contributed by atoms with Crippen LogP contribution in [0.1, 0.15) is 21.7 Å². The average molecular weight is 483 g/mol. The summed E-state index contributed by atoms with van der Waals surface area (Å²) in [7, 11) is 1.40. The van der Waals surface area contributed by atoms with Gasteiger partial charge in [-0.05, 0) is 23.3 Å². The summed E-state index contributed by atoms with van der Waals surface area (Å²) in [6.07, 6.45) is 1.90. The van der Waals surface area contributed by atoms with Gasteiger partial charge in [-0.3, -0.25) is 19.8 Å². The maximum absolute atomic E-state index is 12.8. The van der Waals surface area contributed by atoms with Crippen LogP contribution in [0.2, 0.25) is 0 Å². The molecule has 2 aromatic rings. The highest BCUT2D eigenvalue weighted by molar-refractivity contribution is 6.00. The van der Waals surface area contributed by atoms with E-state index in [1.165, 1.54) is 7.05 Å². The summed E-state index contributed by atoms with van der Waals surface area (Å²) in [4.78, 5) is 46.7. The minimum atomic E-state index is -1.14. The molecule has 3 amide bonds. The van der Waals surface area contributed by atoms with Gasteiger partial charge < -0.3 is 30.7 Å². The van der Waals surface area contributed by atoms with Gasteiger partial charge in [0.2, 0.25) is 17.6 Å². The molecule has 2 aliphatic rings. The lowest BCUT2D eigenvalue weighted by Gasteiger charge is -2.28. The maximum atomic E-state index is 12.8. The van der Waals surface area contributed by atoms with Crippen molar-refractivity contribution in [2.45, 2.75) is 12.5 Å². The van der Waals surface area contributed by atoms with E-state index in [1.807, 2.05) is 23.1 Å². The molecule has 0 aliphatic carbocycles. The van der Waals surface area contributed by atoms with Crippen molar-refractivity contribution in [1.29, 1.82) is 0 Å². The van der Waals surface area contributed by atoms with Crippen LogP contribution in [0.3, 0.4) is 0 Å². The molecule has 2 aliphatic heterocycles. The molecule has 13 heteroatoms. The number of aromatic nitrogens is 2. The molecule has 0 bridgehead atoms. The van der Waals surface area contributed by atoms with Crippen LogP contribution in [0, 0.1) is 0 Å². The molecule has 1 saturated heterocycles. The lowest BCUT2D eigenvalue weighted by molar-refractivity contribution is -0.123. The molecule has 3 heterocycles. The van der Waals surface area contributed by atoms with E-state index < -0.39 is 24.5 Å². The molecular formula is C22H26N8O5. The minimum absolute atomic E-state index is 0.0468.